The van der Waals surface area contributed by atoms with Crippen LogP contribution < -0.4 is 0 Å². The molecule has 1 saturated heterocycles. The number of hydrogen-bond acceptors (Lipinski definition) is 2. The predicted molar refractivity (Wildman–Crippen MR) is 91.7 cm³/mol. The second kappa shape index (κ2) is 12.2. The molecule has 0 atom stereocenters. The number of hydrogen-bond donors (Lipinski definition) is 0. The molecule has 0 aromatic heterocycles. The number of Topliss-reactive ketones (excluding diaryl/α,β-unsaturated/α-hetero) is 1. The van der Waals surface area contributed by atoms with Crippen molar-refractivity contribution in [3.63, 3.8) is 0 Å². The fourth-order valence-corrected chi connectivity index (χ4v) is 3.23. The number of rotatable bonds is 12. The number of ketones is 1. The Labute approximate surface area is 132 Å². The van der Waals surface area contributed by atoms with Crippen molar-refractivity contribution in [2.24, 2.45) is 5.92 Å². The Morgan fingerprint density at radius 3 is 1.86 bits per heavy atom. The molecule has 21 heavy (non-hydrogen) atoms. The van der Waals surface area contributed by atoms with Gasteiger partial charge in [0.1, 0.15) is 5.78 Å². The fourth-order valence-electron chi connectivity index (χ4n) is 3.23. The molecule has 0 aliphatic carbocycles. The van der Waals surface area contributed by atoms with Gasteiger partial charge in [0.2, 0.25) is 0 Å². The van der Waals surface area contributed by atoms with Gasteiger partial charge in [-0.2, -0.15) is 0 Å². The van der Waals surface area contributed by atoms with E-state index in [9.17, 15) is 4.79 Å². The summed E-state index contributed by atoms with van der Waals surface area (Å²) in [6.45, 7) is 8.09. The maximum atomic E-state index is 10.8. The quantitative estimate of drug-likeness (QED) is 0.461. The Bertz CT molecular complexity index is 256. The molecule has 2 heteroatoms. The molecule has 0 unspecified atom stereocenters. The topological polar surface area (TPSA) is 20.3 Å². The van der Waals surface area contributed by atoms with Gasteiger partial charge in [-0.3, -0.25) is 0 Å². The van der Waals surface area contributed by atoms with E-state index >= 15 is 0 Å². The van der Waals surface area contributed by atoms with Crippen molar-refractivity contribution in [3.05, 3.63) is 0 Å². The van der Waals surface area contributed by atoms with Crippen LogP contribution in [-0.2, 0) is 4.79 Å². The third-order valence-electron chi connectivity index (χ3n) is 4.88. The van der Waals surface area contributed by atoms with Crippen molar-refractivity contribution in [2.45, 2.75) is 90.9 Å². The average molecular weight is 296 g/mol. The van der Waals surface area contributed by atoms with Gasteiger partial charge in [-0.15, -0.1) is 0 Å². The molecule has 0 saturated carbocycles. The van der Waals surface area contributed by atoms with Gasteiger partial charge >= 0.3 is 0 Å². The van der Waals surface area contributed by atoms with Gasteiger partial charge < -0.3 is 9.69 Å². The maximum absolute atomic E-state index is 10.8. The number of carbonyl (C=O) groups excluding carboxylic acids is 1. The SMILES string of the molecule is CC(=O)CCCCCCCCCCCN1CCC(C)CC1. The van der Waals surface area contributed by atoms with Gasteiger partial charge in [-0.25, -0.2) is 0 Å². The zero-order valence-corrected chi connectivity index (χ0v) is 14.5. The van der Waals surface area contributed by atoms with Crippen LogP contribution in [0.2, 0.25) is 0 Å². The van der Waals surface area contributed by atoms with Crippen molar-refractivity contribution in [2.75, 3.05) is 19.6 Å². The van der Waals surface area contributed by atoms with Crippen LogP contribution in [0.15, 0.2) is 0 Å². The number of piperidine rings is 1. The van der Waals surface area contributed by atoms with Crippen LogP contribution >= 0.6 is 0 Å². The van der Waals surface area contributed by atoms with Crippen LogP contribution in [-0.4, -0.2) is 30.3 Å². The van der Waals surface area contributed by atoms with E-state index in [4.69, 9.17) is 0 Å². The van der Waals surface area contributed by atoms with Crippen molar-refractivity contribution < 1.29 is 4.79 Å². The van der Waals surface area contributed by atoms with Crippen molar-refractivity contribution in [1.82, 2.24) is 4.90 Å². The monoisotopic (exact) mass is 295 g/mol. The van der Waals surface area contributed by atoms with E-state index < -0.39 is 0 Å². The zero-order valence-electron chi connectivity index (χ0n) is 14.5. The molecular formula is C19H37NO. The molecular weight excluding hydrogens is 258 g/mol. The van der Waals surface area contributed by atoms with Gasteiger partial charge in [0, 0.05) is 6.42 Å². The third kappa shape index (κ3) is 10.9. The number of carbonyl (C=O) groups is 1. The summed E-state index contributed by atoms with van der Waals surface area (Å²) in [6, 6.07) is 0. The highest BCUT2D eigenvalue weighted by Gasteiger charge is 2.14. The standard InChI is InChI=1S/C19H37NO/c1-18-13-16-20(17-14-18)15-11-9-7-5-3-4-6-8-10-12-19(2)21/h18H,3-17H2,1-2H3. The molecule has 0 N–H and O–H groups in total. The van der Waals surface area contributed by atoms with Gasteiger partial charge in [-0.1, -0.05) is 51.9 Å². The van der Waals surface area contributed by atoms with Gasteiger partial charge in [0.15, 0.2) is 0 Å². The minimum atomic E-state index is 0.346. The van der Waals surface area contributed by atoms with Crippen LogP contribution in [0.3, 0.4) is 0 Å². The van der Waals surface area contributed by atoms with E-state index in [0.29, 0.717) is 5.78 Å². The molecule has 2 nitrogen and oxygen atoms in total. The van der Waals surface area contributed by atoms with Crippen molar-refractivity contribution in [1.29, 1.82) is 0 Å². The van der Waals surface area contributed by atoms with Gasteiger partial charge in [0.25, 0.3) is 0 Å². The van der Waals surface area contributed by atoms with E-state index in [2.05, 4.69) is 11.8 Å². The Hall–Kier alpha value is -0.370. The molecule has 1 fully saturated rings. The summed E-state index contributed by atoms with van der Waals surface area (Å²) in [7, 11) is 0. The van der Waals surface area contributed by atoms with E-state index in [0.717, 1.165) is 18.8 Å². The lowest BCUT2D eigenvalue weighted by Gasteiger charge is -2.30. The van der Waals surface area contributed by atoms with Crippen LogP contribution in [0.25, 0.3) is 0 Å². The first kappa shape index (κ1) is 18.7. The summed E-state index contributed by atoms with van der Waals surface area (Å²) in [5, 5.41) is 0. The lowest BCUT2D eigenvalue weighted by molar-refractivity contribution is -0.117. The zero-order chi connectivity index (χ0) is 15.3. The summed E-state index contributed by atoms with van der Waals surface area (Å²) in [5.74, 6) is 1.30. The van der Waals surface area contributed by atoms with E-state index in [1.54, 1.807) is 6.92 Å². The van der Waals surface area contributed by atoms with Crippen LogP contribution in [0, 0.1) is 5.92 Å². The number of likely N-dealkylation sites (tertiary alicyclic amines) is 1. The molecule has 0 aromatic carbocycles. The molecule has 1 heterocycles. The van der Waals surface area contributed by atoms with Gasteiger partial charge in [-0.05, 0) is 58.2 Å². The molecule has 0 aromatic rings. The van der Waals surface area contributed by atoms with Crippen LogP contribution in [0.4, 0.5) is 0 Å². The summed E-state index contributed by atoms with van der Waals surface area (Å²) >= 11 is 0. The largest absolute Gasteiger partial charge is 0.303 e. The molecule has 124 valence electrons. The van der Waals surface area contributed by atoms with Gasteiger partial charge in [0.05, 0.1) is 0 Å². The fraction of sp³-hybridized carbons (Fsp3) is 0.947. The molecule has 0 bridgehead atoms. The minimum Gasteiger partial charge on any atom is -0.303 e. The summed E-state index contributed by atoms with van der Waals surface area (Å²) < 4.78 is 0. The molecule has 1 aliphatic rings. The van der Waals surface area contributed by atoms with Crippen molar-refractivity contribution >= 4 is 5.78 Å². The molecule has 1 aliphatic heterocycles. The summed E-state index contributed by atoms with van der Waals surface area (Å²) in [4.78, 5) is 13.5. The van der Waals surface area contributed by atoms with Crippen LogP contribution in [0.1, 0.15) is 90.9 Å². The molecule has 0 spiro atoms. The van der Waals surface area contributed by atoms with E-state index in [-0.39, 0.29) is 0 Å². The minimum absolute atomic E-state index is 0.346. The summed E-state index contributed by atoms with van der Waals surface area (Å²) in [5.41, 5.74) is 0. The highest BCUT2D eigenvalue weighted by atomic mass is 16.1. The molecule has 0 amide bonds. The molecule has 1 rings (SSSR count). The van der Waals surface area contributed by atoms with E-state index in [1.165, 1.54) is 83.8 Å². The summed E-state index contributed by atoms with van der Waals surface area (Å²) in [6.07, 6.45) is 15.6. The first-order valence-corrected chi connectivity index (χ1v) is 9.40. The Morgan fingerprint density at radius 2 is 1.33 bits per heavy atom. The molecule has 0 radical (unpaired) electrons. The Kier molecular flexibility index (Phi) is 10.9. The van der Waals surface area contributed by atoms with Crippen LogP contribution in [0.5, 0.6) is 0 Å². The number of nitrogens with zero attached hydrogens (tertiary/aromatic N) is 1. The van der Waals surface area contributed by atoms with E-state index in [1.807, 2.05) is 0 Å². The second-order valence-electron chi connectivity index (χ2n) is 7.16. The highest BCUT2D eigenvalue weighted by Crippen LogP contribution is 2.17. The normalized spacial score (nSPS) is 17.2. The maximum Gasteiger partial charge on any atom is 0.129 e. The highest BCUT2D eigenvalue weighted by molar-refractivity contribution is 5.75. The van der Waals surface area contributed by atoms with Crippen molar-refractivity contribution in [3.8, 4) is 0 Å². The second-order valence-corrected chi connectivity index (χ2v) is 7.16. The Morgan fingerprint density at radius 1 is 0.857 bits per heavy atom. The third-order valence-corrected chi connectivity index (χ3v) is 4.88. The average Bonchev–Trinajstić information content (AvgIpc) is 2.46. The lowest BCUT2D eigenvalue weighted by atomic mass is 9.99. The predicted octanol–water partition coefficient (Wildman–Crippen LogP) is 5.21. The number of unbranched alkanes of at least 4 members (excludes halogenated alkanes) is 8. The smallest absolute Gasteiger partial charge is 0.129 e. The first-order valence-electron chi connectivity index (χ1n) is 9.40. The first-order chi connectivity index (χ1) is 10.2. The lowest BCUT2D eigenvalue weighted by Crippen LogP contribution is -2.33. The Balaban J connectivity index is 1.75.